The summed E-state index contributed by atoms with van der Waals surface area (Å²) in [5.41, 5.74) is 0.829. The summed E-state index contributed by atoms with van der Waals surface area (Å²) in [7, 11) is 0. The predicted molar refractivity (Wildman–Crippen MR) is 60.4 cm³/mol. The van der Waals surface area contributed by atoms with E-state index >= 15 is 0 Å². The van der Waals surface area contributed by atoms with Gasteiger partial charge in [-0.25, -0.2) is 0 Å². The Hall–Kier alpha value is -2.10. The fourth-order valence-corrected chi connectivity index (χ4v) is 1.79. The molecule has 4 nitrogen and oxygen atoms in total. The molecule has 2 aromatic rings. The molecule has 2 aromatic carbocycles. The monoisotopic (exact) mass is 217 g/mol. The molecule has 0 saturated heterocycles. The molecule has 0 saturated carbocycles. The Bertz CT molecular complexity index is 519. The minimum atomic E-state index is -0.758. The number of rotatable bonds is 3. The molecule has 1 atom stereocenters. The van der Waals surface area contributed by atoms with Crippen LogP contribution in [-0.4, -0.2) is 5.09 Å². The van der Waals surface area contributed by atoms with E-state index in [1.807, 2.05) is 42.5 Å². The van der Waals surface area contributed by atoms with Gasteiger partial charge in [0.25, 0.3) is 5.09 Å². The highest BCUT2D eigenvalue weighted by atomic mass is 17.0. The van der Waals surface area contributed by atoms with E-state index in [1.54, 1.807) is 6.92 Å². The lowest BCUT2D eigenvalue weighted by Gasteiger charge is -2.12. The van der Waals surface area contributed by atoms with Crippen molar-refractivity contribution in [2.24, 2.45) is 0 Å². The molecule has 0 aromatic heterocycles. The first kappa shape index (κ1) is 10.4. The Balaban J connectivity index is 2.47. The molecule has 0 amide bonds. The van der Waals surface area contributed by atoms with Crippen molar-refractivity contribution in [3.63, 3.8) is 0 Å². The summed E-state index contributed by atoms with van der Waals surface area (Å²) in [6.45, 7) is 1.67. The molecule has 16 heavy (non-hydrogen) atoms. The van der Waals surface area contributed by atoms with Gasteiger partial charge in [-0.2, -0.15) is 0 Å². The van der Waals surface area contributed by atoms with Gasteiger partial charge >= 0.3 is 0 Å². The van der Waals surface area contributed by atoms with Gasteiger partial charge in [0, 0.05) is 0 Å². The van der Waals surface area contributed by atoms with Crippen LogP contribution >= 0.6 is 0 Å². The van der Waals surface area contributed by atoms with E-state index in [0.717, 1.165) is 16.3 Å². The minimum Gasteiger partial charge on any atom is -0.306 e. The van der Waals surface area contributed by atoms with Crippen molar-refractivity contribution in [3.05, 3.63) is 58.1 Å². The van der Waals surface area contributed by atoms with Crippen LogP contribution in [0, 0.1) is 10.1 Å². The third kappa shape index (κ3) is 1.95. The zero-order chi connectivity index (χ0) is 11.5. The third-order valence-electron chi connectivity index (χ3n) is 2.51. The number of benzene rings is 2. The van der Waals surface area contributed by atoms with E-state index in [2.05, 4.69) is 4.84 Å². The average molecular weight is 217 g/mol. The van der Waals surface area contributed by atoms with Crippen LogP contribution in [0.1, 0.15) is 18.6 Å². The van der Waals surface area contributed by atoms with Crippen LogP contribution in [0.2, 0.25) is 0 Å². The van der Waals surface area contributed by atoms with Crippen LogP contribution in [0.4, 0.5) is 0 Å². The summed E-state index contributed by atoms with van der Waals surface area (Å²) in [6, 6.07) is 13.4. The molecule has 0 heterocycles. The highest BCUT2D eigenvalue weighted by Gasteiger charge is 2.12. The number of hydrogen-bond donors (Lipinski definition) is 0. The van der Waals surface area contributed by atoms with Crippen molar-refractivity contribution >= 4 is 10.8 Å². The quantitative estimate of drug-likeness (QED) is 0.586. The number of fused-ring (bicyclic) bond motifs is 1. The standard InChI is InChI=1S/C12H11NO3/c1-9(16-13(14)15)11-8-4-6-10-5-2-3-7-12(10)11/h2-9H,1H3. The molecule has 0 aliphatic heterocycles. The minimum absolute atomic E-state index is 0.555. The van der Waals surface area contributed by atoms with E-state index in [0.29, 0.717) is 0 Å². The molecule has 2 rings (SSSR count). The molecule has 0 radical (unpaired) electrons. The van der Waals surface area contributed by atoms with Gasteiger partial charge in [-0.3, -0.25) is 0 Å². The van der Waals surface area contributed by atoms with Crippen LogP contribution in [-0.2, 0) is 4.84 Å². The molecule has 0 bridgehead atoms. The Labute approximate surface area is 92.6 Å². The summed E-state index contributed by atoms with van der Waals surface area (Å²) in [5, 5.41) is 11.6. The Morgan fingerprint density at radius 2 is 1.88 bits per heavy atom. The lowest BCUT2D eigenvalue weighted by atomic mass is 10.0. The molecular weight excluding hydrogens is 206 g/mol. The molecular formula is C12H11NO3. The second-order valence-corrected chi connectivity index (χ2v) is 3.54. The van der Waals surface area contributed by atoms with Gasteiger partial charge in [0.15, 0.2) is 0 Å². The Morgan fingerprint density at radius 1 is 1.19 bits per heavy atom. The second kappa shape index (κ2) is 4.18. The number of nitrogens with zero attached hydrogens (tertiary/aromatic N) is 1. The van der Waals surface area contributed by atoms with Crippen molar-refractivity contribution in [1.29, 1.82) is 0 Å². The van der Waals surface area contributed by atoms with Crippen molar-refractivity contribution in [2.75, 3.05) is 0 Å². The van der Waals surface area contributed by atoms with Crippen LogP contribution in [0.3, 0.4) is 0 Å². The Kier molecular flexibility index (Phi) is 2.72. The van der Waals surface area contributed by atoms with E-state index in [9.17, 15) is 10.1 Å². The Morgan fingerprint density at radius 3 is 2.62 bits per heavy atom. The lowest BCUT2D eigenvalue weighted by molar-refractivity contribution is -0.769. The molecule has 0 fully saturated rings. The largest absolute Gasteiger partial charge is 0.306 e. The molecule has 1 unspecified atom stereocenters. The van der Waals surface area contributed by atoms with Gasteiger partial charge in [-0.1, -0.05) is 42.5 Å². The topological polar surface area (TPSA) is 52.4 Å². The zero-order valence-electron chi connectivity index (χ0n) is 8.79. The maximum Gasteiger partial charge on any atom is 0.295 e. The molecule has 0 aliphatic rings. The smallest absolute Gasteiger partial charge is 0.295 e. The van der Waals surface area contributed by atoms with Gasteiger partial charge in [-0.05, 0) is 23.3 Å². The van der Waals surface area contributed by atoms with Gasteiger partial charge in [0.05, 0.1) is 0 Å². The molecule has 0 N–H and O–H groups in total. The molecule has 0 aliphatic carbocycles. The van der Waals surface area contributed by atoms with Gasteiger partial charge in [0.1, 0.15) is 6.10 Å². The normalized spacial score (nSPS) is 12.3. The van der Waals surface area contributed by atoms with Crippen molar-refractivity contribution in [3.8, 4) is 0 Å². The summed E-state index contributed by atoms with van der Waals surface area (Å²) in [4.78, 5) is 14.9. The first-order valence-electron chi connectivity index (χ1n) is 4.97. The first-order valence-corrected chi connectivity index (χ1v) is 4.97. The van der Waals surface area contributed by atoms with Crippen LogP contribution in [0.5, 0.6) is 0 Å². The SMILES string of the molecule is CC(O[N+](=O)[O-])c1cccc2ccccc12. The summed E-state index contributed by atoms with van der Waals surface area (Å²) >= 11 is 0. The summed E-state index contributed by atoms with van der Waals surface area (Å²) in [6.07, 6.45) is -0.555. The van der Waals surface area contributed by atoms with E-state index < -0.39 is 11.2 Å². The van der Waals surface area contributed by atoms with Crippen LogP contribution in [0.15, 0.2) is 42.5 Å². The van der Waals surface area contributed by atoms with E-state index in [4.69, 9.17) is 0 Å². The zero-order valence-corrected chi connectivity index (χ0v) is 8.79. The van der Waals surface area contributed by atoms with Gasteiger partial charge in [0.2, 0.25) is 0 Å². The van der Waals surface area contributed by atoms with Crippen molar-refractivity contribution in [1.82, 2.24) is 0 Å². The van der Waals surface area contributed by atoms with Crippen LogP contribution in [0.25, 0.3) is 10.8 Å². The van der Waals surface area contributed by atoms with E-state index in [-0.39, 0.29) is 0 Å². The maximum absolute atomic E-state index is 10.3. The predicted octanol–water partition coefficient (Wildman–Crippen LogP) is 3.11. The molecule has 82 valence electrons. The van der Waals surface area contributed by atoms with Crippen molar-refractivity contribution < 1.29 is 9.92 Å². The summed E-state index contributed by atoms with van der Waals surface area (Å²) in [5.74, 6) is 0. The highest BCUT2D eigenvalue weighted by Crippen LogP contribution is 2.26. The van der Waals surface area contributed by atoms with E-state index in [1.165, 1.54) is 0 Å². The first-order chi connectivity index (χ1) is 7.68. The average Bonchev–Trinajstić information content (AvgIpc) is 2.27. The molecule has 4 heteroatoms. The lowest BCUT2D eigenvalue weighted by Crippen LogP contribution is -2.06. The fourth-order valence-electron chi connectivity index (χ4n) is 1.79. The fraction of sp³-hybridized carbons (Fsp3) is 0.167. The highest BCUT2D eigenvalue weighted by molar-refractivity contribution is 5.85. The van der Waals surface area contributed by atoms with Gasteiger partial charge < -0.3 is 4.84 Å². The third-order valence-corrected chi connectivity index (χ3v) is 2.51. The van der Waals surface area contributed by atoms with Crippen molar-refractivity contribution in [2.45, 2.75) is 13.0 Å². The second-order valence-electron chi connectivity index (χ2n) is 3.54. The van der Waals surface area contributed by atoms with Gasteiger partial charge in [-0.15, -0.1) is 10.1 Å². The molecule has 0 spiro atoms. The van der Waals surface area contributed by atoms with Crippen LogP contribution < -0.4 is 0 Å². The summed E-state index contributed by atoms with van der Waals surface area (Å²) < 4.78 is 0. The number of hydrogen-bond acceptors (Lipinski definition) is 3. The maximum atomic E-state index is 10.3.